The molecule has 0 radical (unpaired) electrons. The van der Waals surface area contributed by atoms with Gasteiger partial charge in [0.25, 0.3) is 0 Å². The predicted octanol–water partition coefficient (Wildman–Crippen LogP) is 3.58. The van der Waals surface area contributed by atoms with Crippen LogP contribution >= 0.6 is 12.2 Å². The molecule has 0 aliphatic heterocycles. The van der Waals surface area contributed by atoms with E-state index in [1.54, 1.807) is 25.7 Å². The zero-order chi connectivity index (χ0) is 18.9. The summed E-state index contributed by atoms with van der Waals surface area (Å²) in [5, 5.41) is 4.01. The van der Waals surface area contributed by atoms with E-state index in [1.165, 1.54) is 5.56 Å². The van der Waals surface area contributed by atoms with Crippen molar-refractivity contribution < 1.29 is 4.74 Å². The second-order valence-corrected chi connectivity index (χ2v) is 6.48. The first kappa shape index (κ1) is 18.8. The Kier molecular flexibility index (Phi) is 6.76. The number of aryl methyl sites for hydroxylation is 1. The van der Waals surface area contributed by atoms with Crippen LogP contribution < -0.4 is 10.1 Å². The van der Waals surface area contributed by atoms with E-state index in [9.17, 15) is 0 Å². The molecule has 0 spiro atoms. The van der Waals surface area contributed by atoms with E-state index in [0.717, 1.165) is 37.5 Å². The van der Waals surface area contributed by atoms with E-state index in [0.29, 0.717) is 5.11 Å². The van der Waals surface area contributed by atoms with Crippen LogP contribution in [0.4, 0.5) is 5.69 Å². The molecule has 0 aliphatic carbocycles. The maximum atomic E-state index is 5.69. The van der Waals surface area contributed by atoms with Gasteiger partial charge in [-0.3, -0.25) is 4.98 Å². The summed E-state index contributed by atoms with van der Waals surface area (Å²) in [6, 6.07) is 11.8. The first-order chi connectivity index (χ1) is 13.2. The highest BCUT2D eigenvalue weighted by Gasteiger charge is 2.11. The van der Waals surface area contributed by atoms with E-state index in [1.807, 2.05) is 48.9 Å². The molecule has 0 atom stereocenters. The van der Waals surface area contributed by atoms with Gasteiger partial charge < -0.3 is 19.5 Å². The highest BCUT2D eigenvalue weighted by atomic mass is 32.1. The zero-order valence-corrected chi connectivity index (χ0v) is 16.1. The molecule has 3 rings (SSSR count). The number of nitrogens with one attached hydrogen (secondary N) is 1. The number of aromatic nitrogens is 3. The highest BCUT2D eigenvalue weighted by Crippen LogP contribution is 2.18. The molecule has 140 valence electrons. The van der Waals surface area contributed by atoms with Crippen molar-refractivity contribution in [3.63, 3.8) is 0 Å². The Bertz CT molecular complexity index is 839. The number of hydrogen-bond donors (Lipinski definition) is 1. The van der Waals surface area contributed by atoms with Crippen LogP contribution in [0.3, 0.4) is 0 Å². The Morgan fingerprint density at radius 3 is 2.78 bits per heavy atom. The van der Waals surface area contributed by atoms with Gasteiger partial charge in [-0.1, -0.05) is 6.07 Å². The topological polar surface area (TPSA) is 55.2 Å². The maximum absolute atomic E-state index is 5.69. The number of ether oxygens (including phenoxy) is 1. The summed E-state index contributed by atoms with van der Waals surface area (Å²) in [7, 11) is 1.66. The molecule has 7 heteroatoms. The molecule has 1 N–H and O–H groups in total. The summed E-state index contributed by atoms with van der Waals surface area (Å²) in [4.78, 5) is 10.3. The van der Waals surface area contributed by atoms with Gasteiger partial charge in [-0.05, 0) is 48.5 Å². The van der Waals surface area contributed by atoms with Gasteiger partial charge in [-0.15, -0.1) is 0 Å². The molecule has 27 heavy (non-hydrogen) atoms. The molecule has 2 heterocycles. The predicted molar refractivity (Wildman–Crippen MR) is 111 cm³/mol. The van der Waals surface area contributed by atoms with Crippen LogP contribution in [0.5, 0.6) is 5.75 Å². The van der Waals surface area contributed by atoms with E-state index in [2.05, 4.69) is 24.8 Å². The summed E-state index contributed by atoms with van der Waals surface area (Å²) in [6.07, 6.45) is 10.2. The van der Waals surface area contributed by atoms with Crippen molar-refractivity contribution in [1.29, 1.82) is 0 Å². The molecule has 0 aliphatic rings. The van der Waals surface area contributed by atoms with Crippen molar-refractivity contribution in [3.8, 4) is 5.75 Å². The third-order valence-electron chi connectivity index (χ3n) is 4.13. The first-order valence-corrected chi connectivity index (χ1v) is 9.20. The number of thiocarbonyl (C=S) groups is 1. The number of benzene rings is 1. The van der Waals surface area contributed by atoms with Crippen LogP contribution in [0.25, 0.3) is 0 Å². The van der Waals surface area contributed by atoms with E-state index >= 15 is 0 Å². The molecular weight excluding hydrogens is 358 g/mol. The van der Waals surface area contributed by atoms with Gasteiger partial charge in [0, 0.05) is 56.2 Å². The normalized spacial score (nSPS) is 10.4. The van der Waals surface area contributed by atoms with Crippen molar-refractivity contribution in [1.82, 2.24) is 19.4 Å². The Labute approximate surface area is 164 Å². The van der Waals surface area contributed by atoms with E-state index in [4.69, 9.17) is 17.0 Å². The van der Waals surface area contributed by atoms with Crippen molar-refractivity contribution in [2.24, 2.45) is 0 Å². The third kappa shape index (κ3) is 5.79. The summed E-state index contributed by atoms with van der Waals surface area (Å²) in [6.45, 7) is 2.45. The lowest BCUT2D eigenvalue weighted by Crippen LogP contribution is -2.35. The summed E-state index contributed by atoms with van der Waals surface area (Å²) >= 11 is 5.69. The fourth-order valence-corrected chi connectivity index (χ4v) is 3.00. The van der Waals surface area contributed by atoms with Crippen molar-refractivity contribution in [2.75, 3.05) is 19.0 Å². The monoisotopic (exact) mass is 381 g/mol. The average Bonchev–Trinajstić information content (AvgIpc) is 3.21. The second kappa shape index (κ2) is 9.68. The Hall–Kier alpha value is -2.93. The molecule has 6 nitrogen and oxygen atoms in total. The number of rotatable bonds is 8. The highest BCUT2D eigenvalue weighted by molar-refractivity contribution is 7.80. The molecular formula is C20H23N5OS. The van der Waals surface area contributed by atoms with Gasteiger partial charge in [0.2, 0.25) is 0 Å². The number of nitrogens with zero attached hydrogens (tertiary/aromatic N) is 4. The van der Waals surface area contributed by atoms with Gasteiger partial charge in [0.1, 0.15) is 5.75 Å². The molecule has 2 aromatic heterocycles. The summed E-state index contributed by atoms with van der Waals surface area (Å²) in [5.74, 6) is 0.795. The minimum Gasteiger partial charge on any atom is -0.497 e. The smallest absolute Gasteiger partial charge is 0.173 e. The van der Waals surface area contributed by atoms with Crippen LogP contribution in [0.2, 0.25) is 0 Å². The largest absolute Gasteiger partial charge is 0.497 e. The zero-order valence-electron chi connectivity index (χ0n) is 15.3. The van der Waals surface area contributed by atoms with E-state index < -0.39 is 0 Å². The average molecular weight is 382 g/mol. The van der Waals surface area contributed by atoms with Gasteiger partial charge >= 0.3 is 0 Å². The van der Waals surface area contributed by atoms with Crippen molar-refractivity contribution in [3.05, 3.63) is 73.1 Å². The number of hydrogen-bond acceptors (Lipinski definition) is 4. The number of pyridine rings is 1. The standard InChI is InChI=1S/C20H23N5OS/c1-26-19-5-2-4-18(14-19)23-20(27)25(15-17-6-8-21-9-7-17)12-3-11-24-13-10-22-16-24/h2,4-10,13-14,16H,3,11-12,15H2,1H3,(H,23,27). The van der Waals surface area contributed by atoms with Crippen LogP contribution in [0, 0.1) is 0 Å². The van der Waals surface area contributed by atoms with Crippen LogP contribution in [0.15, 0.2) is 67.5 Å². The molecule has 1 aromatic carbocycles. The van der Waals surface area contributed by atoms with Crippen LogP contribution in [-0.2, 0) is 13.1 Å². The number of methoxy groups -OCH3 is 1. The summed E-state index contributed by atoms with van der Waals surface area (Å²) in [5.41, 5.74) is 2.08. The lowest BCUT2D eigenvalue weighted by atomic mass is 10.2. The van der Waals surface area contributed by atoms with E-state index in [-0.39, 0.29) is 0 Å². The van der Waals surface area contributed by atoms with Crippen LogP contribution in [0.1, 0.15) is 12.0 Å². The third-order valence-corrected chi connectivity index (χ3v) is 4.49. The van der Waals surface area contributed by atoms with Crippen molar-refractivity contribution in [2.45, 2.75) is 19.5 Å². The molecule has 0 unspecified atom stereocenters. The van der Waals surface area contributed by atoms with Gasteiger partial charge in [0.15, 0.2) is 5.11 Å². The molecule has 0 saturated carbocycles. The van der Waals surface area contributed by atoms with Gasteiger partial charge in [0.05, 0.1) is 13.4 Å². The number of anilines is 1. The van der Waals surface area contributed by atoms with Gasteiger partial charge in [-0.25, -0.2) is 4.98 Å². The number of imidazole rings is 1. The lowest BCUT2D eigenvalue weighted by Gasteiger charge is -2.26. The first-order valence-electron chi connectivity index (χ1n) is 8.79. The SMILES string of the molecule is COc1cccc(NC(=S)N(CCCn2ccnc2)Cc2ccncc2)c1. The van der Waals surface area contributed by atoms with Crippen LogP contribution in [-0.4, -0.2) is 38.2 Å². The molecule has 0 bridgehead atoms. The fraction of sp³-hybridized carbons (Fsp3) is 0.250. The quantitative estimate of drug-likeness (QED) is 0.602. The summed E-state index contributed by atoms with van der Waals surface area (Å²) < 4.78 is 7.36. The Morgan fingerprint density at radius 1 is 1.19 bits per heavy atom. The van der Waals surface area contributed by atoms with Crippen molar-refractivity contribution >= 4 is 23.0 Å². The molecule has 0 saturated heterocycles. The Balaban J connectivity index is 1.65. The minimum absolute atomic E-state index is 0.686. The molecule has 3 aromatic rings. The Morgan fingerprint density at radius 2 is 2.04 bits per heavy atom. The minimum atomic E-state index is 0.686. The lowest BCUT2D eigenvalue weighted by molar-refractivity contribution is 0.395. The second-order valence-electron chi connectivity index (χ2n) is 6.09. The fourth-order valence-electron chi connectivity index (χ4n) is 2.73. The maximum Gasteiger partial charge on any atom is 0.173 e. The molecule has 0 amide bonds. The van der Waals surface area contributed by atoms with Gasteiger partial charge in [-0.2, -0.15) is 0 Å². The molecule has 0 fully saturated rings.